The van der Waals surface area contributed by atoms with E-state index in [2.05, 4.69) is 27.7 Å². The Morgan fingerprint density at radius 3 is 1.59 bits per heavy atom. The van der Waals surface area contributed by atoms with Crippen LogP contribution in [0, 0.1) is 35.5 Å². The van der Waals surface area contributed by atoms with Crippen LogP contribution in [0.25, 0.3) is 0 Å². The van der Waals surface area contributed by atoms with Gasteiger partial charge >= 0.3 is 53.3 Å². The summed E-state index contributed by atoms with van der Waals surface area (Å²) in [6, 6.07) is 2.17. The second-order valence-electron chi connectivity index (χ2n) is 15.4. The summed E-state index contributed by atoms with van der Waals surface area (Å²) in [5.74, 6) is 0.511. The summed E-state index contributed by atoms with van der Waals surface area (Å²) >= 11 is 0. The fourth-order valence-electron chi connectivity index (χ4n) is 5.80. The SMILES string of the molecule is CC(C)C[SiH](O)O[Si]1(CC(C)C)O[Si](O)(CC(C)C)O[Si]2(CC(C)C)O[Si](O)(CC(C)C)OC[SiH](C)O[Si](CC(C)C)(O1)O2. The Hall–Kier alpha value is 1.08. The minimum Gasteiger partial charge on any atom is -0.417 e. The second-order valence-corrected chi connectivity index (χ2v) is 34.0. The van der Waals surface area contributed by atoms with Gasteiger partial charge in [-0.2, -0.15) is 0 Å². The van der Waals surface area contributed by atoms with Gasteiger partial charge in [0.2, 0.25) is 0 Å². The molecule has 2 rings (SSSR count). The van der Waals surface area contributed by atoms with E-state index in [1.165, 1.54) is 0 Å². The number of hydrogen-bond acceptors (Lipinski definition) is 11. The molecule has 2 heterocycles. The maximum atomic E-state index is 12.5. The van der Waals surface area contributed by atoms with E-state index in [4.69, 9.17) is 33.2 Å². The van der Waals surface area contributed by atoms with Crippen LogP contribution < -0.4 is 0 Å². The third-order valence-corrected chi connectivity index (χ3v) is 34.4. The molecule has 3 N–H and O–H groups in total. The van der Waals surface area contributed by atoms with E-state index >= 15 is 0 Å². The van der Waals surface area contributed by atoms with Gasteiger partial charge in [-0.3, -0.25) is 0 Å². The Morgan fingerprint density at radius 1 is 0.614 bits per heavy atom. The van der Waals surface area contributed by atoms with Gasteiger partial charge in [0, 0.05) is 30.2 Å². The molecule has 2 aliphatic rings. The Balaban J connectivity index is 2.93. The van der Waals surface area contributed by atoms with Crippen molar-refractivity contribution in [2.45, 2.75) is 126 Å². The highest BCUT2D eigenvalue weighted by Crippen LogP contribution is 2.43. The van der Waals surface area contributed by atoms with Crippen molar-refractivity contribution in [3.8, 4) is 0 Å². The van der Waals surface area contributed by atoms with Crippen LogP contribution in [0.5, 0.6) is 0 Å². The molecular formula is C26H64O11Si7. The molecule has 0 aliphatic carbocycles. The van der Waals surface area contributed by atoms with Crippen molar-refractivity contribution in [1.29, 1.82) is 0 Å². The van der Waals surface area contributed by atoms with E-state index in [0.29, 0.717) is 30.2 Å². The first-order valence-electron chi connectivity index (χ1n) is 16.7. The molecule has 18 heteroatoms. The number of rotatable bonds is 14. The maximum Gasteiger partial charge on any atom is 0.490 e. The molecule has 0 aromatic carbocycles. The summed E-state index contributed by atoms with van der Waals surface area (Å²) in [5, 5.41) is 0. The lowest BCUT2D eigenvalue weighted by atomic mass is 10.3. The molecule has 262 valence electrons. The van der Waals surface area contributed by atoms with E-state index in [-0.39, 0.29) is 47.8 Å². The molecule has 7 unspecified atom stereocenters. The second kappa shape index (κ2) is 16.7. The molecule has 11 nitrogen and oxygen atoms in total. The first-order valence-corrected chi connectivity index (χ1v) is 30.6. The molecule has 2 bridgehead atoms. The topological polar surface area (TPSA) is 135 Å². The van der Waals surface area contributed by atoms with Gasteiger partial charge in [0.25, 0.3) is 0 Å². The zero-order chi connectivity index (χ0) is 33.7. The quantitative estimate of drug-likeness (QED) is 0.210. The van der Waals surface area contributed by atoms with Crippen molar-refractivity contribution in [1.82, 2.24) is 0 Å². The predicted molar refractivity (Wildman–Crippen MR) is 187 cm³/mol. The van der Waals surface area contributed by atoms with Crippen LogP contribution in [0.3, 0.4) is 0 Å². The van der Waals surface area contributed by atoms with Gasteiger partial charge in [-0.1, -0.05) is 83.1 Å². The van der Waals surface area contributed by atoms with Gasteiger partial charge in [0.1, 0.15) is 0 Å². The molecule has 0 spiro atoms. The molecule has 2 aliphatic heterocycles. The van der Waals surface area contributed by atoms with Gasteiger partial charge in [-0.05, 0) is 48.1 Å². The third kappa shape index (κ3) is 13.2. The molecule has 2 fully saturated rings. The normalized spacial score (nSPS) is 36.5. The average Bonchev–Trinajstić information content (AvgIpc) is 2.75. The maximum absolute atomic E-state index is 12.5. The molecule has 2 saturated heterocycles. The van der Waals surface area contributed by atoms with E-state index in [1.807, 2.05) is 61.9 Å². The molecule has 0 amide bonds. The lowest BCUT2D eigenvalue weighted by Crippen LogP contribution is -2.75. The minimum absolute atomic E-state index is 0.000461. The van der Waals surface area contributed by atoms with Crippen molar-refractivity contribution in [3.05, 3.63) is 0 Å². The zero-order valence-corrected chi connectivity index (χ0v) is 37.0. The molecule has 0 aromatic heterocycles. The number of hydrogen-bond donors (Lipinski definition) is 3. The van der Waals surface area contributed by atoms with Crippen molar-refractivity contribution < 1.29 is 47.6 Å². The van der Waals surface area contributed by atoms with Crippen LogP contribution in [0.2, 0.25) is 42.8 Å². The highest BCUT2D eigenvalue weighted by Gasteiger charge is 2.70. The van der Waals surface area contributed by atoms with Crippen LogP contribution in [0.4, 0.5) is 0 Å². The summed E-state index contributed by atoms with van der Waals surface area (Å²) in [4.78, 5) is 35.9. The first-order chi connectivity index (χ1) is 20.0. The lowest BCUT2D eigenvalue weighted by Gasteiger charge is -2.51. The summed E-state index contributed by atoms with van der Waals surface area (Å²) in [6.45, 7) is 26.5. The third-order valence-electron chi connectivity index (χ3n) is 6.79. The Labute approximate surface area is 276 Å². The van der Waals surface area contributed by atoms with Crippen LogP contribution in [-0.2, 0) is 33.2 Å². The first kappa shape index (κ1) is 41.2. The largest absolute Gasteiger partial charge is 0.490 e. The van der Waals surface area contributed by atoms with Crippen LogP contribution >= 0.6 is 0 Å². The Kier molecular flexibility index (Phi) is 15.6. The van der Waals surface area contributed by atoms with E-state index in [1.54, 1.807) is 0 Å². The van der Waals surface area contributed by atoms with Crippen LogP contribution in [-0.4, -0.2) is 83.0 Å². The molecule has 0 saturated carbocycles. The summed E-state index contributed by atoms with van der Waals surface area (Å²) in [6.07, 6.45) is 0.222. The van der Waals surface area contributed by atoms with Crippen molar-refractivity contribution in [2.24, 2.45) is 35.5 Å². The predicted octanol–water partition coefficient (Wildman–Crippen LogP) is 4.87. The number of fused-ring (bicyclic) bond motifs is 2. The van der Waals surface area contributed by atoms with Gasteiger partial charge in [0.15, 0.2) is 9.04 Å². The molecule has 7 atom stereocenters. The molecule has 44 heavy (non-hydrogen) atoms. The van der Waals surface area contributed by atoms with Gasteiger partial charge in [-0.15, -0.1) is 0 Å². The fourth-order valence-corrected chi connectivity index (χ4v) is 38.3. The zero-order valence-electron chi connectivity index (χ0n) is 29.7. The van der Waals surface area contributed by atoms with Gasteiger partial charge < -0.3 is 47.6 Å². The molecular weight excluding hydrogens is 685 g/mol. The Bertz CT molecular complexity index is 891. The summed E-state index contributed by atoms with van der Waals surface area (Å²) in [5.41, 5.74) is 0. The van der Waals surface area contributed by atoms with E-state index in [0.717, 1.165) is 0 Å². The van der Waals surface area contributed by atoms with Crippen molar-refractivity contribution in [3.63, 3.8) is 0 Å². The lowest BCUT2D eigenvalue weighted by molar-refractivity contribution is 0.0578. The van der Waals surface area contributed by atoms with Crippen LogP contribution in [0.15, 0.2) is 0 Å². The smallest absolute Gasteiger partial charge is 0.417 e. The van der Waals surface area contributed by atoms with E-state index in [9.17, 15) is 14.4 Å². The highest BCUT2D eigenvalue weighted by atomic mass is 28.6. The van der Waals surface area contributed by atoms with E-state index < -0.39 is 62.3 Å². The average molecular weight is 749 g/mol. The standard InChI is InChI=1S/C26H64O11Si7/c1-21(2)14-39(27)32-43(18-25(9)10)34-41(29,16-23(5)6)35-44(19-26(11)12)33-40(28,15-22(3)4)30-20-38(13)31-42(36-43,37-44)17-24(7)8/h21-29,38-39H,14-20H2,1-13H3. The van der Waals surface area contributed by atoms with Crippen molar-refractivity contribution >= 4 is 62.3 Å². The van der Waals surface area contributed by atoms with Gasteiger partial charge in [0.05, 0.1) is 6.23 Å². The molecule has 0 radical (unpaired) electrons. The van der Waals surface area contributed by atoms with Crippen molar-refractivity contribution in [2.75, 3.05) is 6.23 Å². The minimum atomic E-state index is -4.19. The fraction of sp³-hybridized carbons (Fsp3) is 1.00. The summed E-state index contributed by atoms with van der Waals surface area (Å²) < 4.78 is 54.9. The molecule has 0 aromatic rings. The highest BCUT2D eigenvalue weighted by molar-refractivity contribution is 6.93. The Morgan fingerprint density at radius 2 is 1.09 bits per heavy atom. The summed E-state index contributed by atoms with van der Waals surface area (Å²) in [7, 11) is -24.7. The van der Waals surface area contributed by atoms with Crippen LogP contribution in [0.1, 0.15) is 83.1 Å². The van der Waals surface area contributed by atoms with Gasteiger partial charge in [-0.25, -0.2) is 0 Å². The monoisotopic (exact) mass is 748 g/mol.